The molecule has 2 heterocycles. The van der Waals surface area contributed by atoms with Gasteiger partial charge in [-0.1, -0.05) is 34.6 Å². The fourth-order valence-corrected chi connectivity index (χ4v) is 2.89. The first-order valence-corrected chi connectivity index (χ1v) is 6.75. The van der Waals surface area contributed by atoms with Gasteiger partial charge in [-0.15, -0.1) is 0 Å². The molecule has 0 amide bonds. The van der Waals surface area contributed by atoms with Crippen LogP contribution in [0, 0.1) is 16.7 Å². The third-order valence-electron chi connectivity index (χ3n) is 4.58. The Kier molecular flexibility index (Phi) is 3.09. The first-order valence-electron chi connectivity index (χ1n) is 6.75. The van der Waals surface area contributed by atoms with Gasteiger partial charge in [0.2, 0.25) is 0 Å². The first-order chi connectivity index (χ1) is 7.29. The molecule has 16 heavy (non-hydrogen) atoms. The van der Waals surface area contributed by atoms with E-state index in [1.807, 2.05) is 0 Å². The molecule has 2 nitrogen and oxygen atoms in total. The molecule has 2 fully saturated rings. The monoisotopic (exact) mass is 224 g/mol. The van der Waals surface area contributed by atoms with E-state index in [1.165, 1.54) is 32.6 Å². The van der Waals surface area contributed by atoms with Gasteiger partial charge < -0.3 is 10.2 Å². The number of likely N-dealkylation sites (tertiary alicyclic amines) is 1. The number of rotatable bonds is 3. The highest BCUT2D eigenvalue weighted by Crippen LogP contribution is 2.36. The van der Waals surface area contributed by atoms with Crippen LogP contribution >= 0.6 is 0 Å². The molecule has 0 saturated carbocycles. The molecule has 2 heteroatoms. The minimum Gasteiger partial charge on any atom is -0.313 e. The Bertz CT molecular complexity index is 242. The molecule has 0 radical (unpaired) electrons. The highest BCUT2D eigenvalue weighted by molar-refractivity contribution is 4.96. The number of hydrogen-bond acceptors (Lipinski definition) is 2. The van der Waals surface area contributed by atoms with Crippen LogP contribution in [-0.2, 0) is 0 Å². The lowest BCUT2D eigenvalue weighted by molar-refractivity contribution is -0.0132. The summed E-state index contributed by atoms with van der Waals surface area (Å²) in [7, 11) is 0. The third kappa shape index (κ3) is 2.43. The Morgan fingerprint density at radius 3 is 2.06 bits per heavy atom. The van der Waals surface area contributed by atoms with Crippen molar-refractivity contribution in [2.24, 2.45) is 16.7 Å². The Morgan fingerprint density at radius 2 is 1.69 bits per heavy atom. The first kappa shape index (κ1) is 12.4. The lowest BCUT2D eigenvalue weighted by Crippen LogP contribution is -2.60. The number of nitrogens with zero attached hydrogens (tertiary/aromatic N) is 1. The lowest BCUT2D eigenvalue weighted by atomic mass is 9.73. The molecule has 0 spiro atoms. The summed E-state index contributed by atoms with van der Waals surface area (Å²) in [5.41, 5.74) is 0.941. The summed E-state index contributed by atoms with van der Waals surface area (Å²) in [6, 6.07) is 0.751. The molecule has 0 aromatic rings. The second kappa shape index (κ2) is 3.99. The molecule has 0 bridgehead atoms. The van der Waals surface area contributed by atoms with Gasteiger partial charge >= 0.3 is 0 Å². The molecular weight excluding hydrogens is 196 g/mol. The predicted molar refractivity (Wildman–Crippen MR) is 69.6 cm³/mol. The zero-order valence-electron chi connectivity index (χ0n) is 11.6. The minimum absolute atomic E-state index is 0.446. The van der Waals surface area contributed by atoms with Crippen LogP contribution in [0.3, 0.4) is 0 Å². The van der Waals surface area contributed by atoms with E-state index in [1.54, 1.807) is 0 Å². The maximum Gasteiger partial charge on any atom is 0.0142 e. The Hall–Kier alpha value is -0.0800. The summed E-state index contributed by atoms with van der Waals surface area (Å²) in [6.07, 6.45) is 1.36. The van der Waals surface area contributed by atoms with E-state index in [2.05, 4.69) is 44.8 Å². The fourth-order valence-electron chi connectivity index (χ4n) is 2.89. The van der Waals surface area contributed by atoms with Crippen molar-refractivity contribution in [3.63, 3.8) is 0 Å². The van der Waals surface area contributed by atoms with Crippen molar-refractivity contribution in [3.8, 4) is 0 Å². The molecule has 2 rings (SSSR count). The maximum atomic E-state index is 3.55. The van der Waals surface area contributed by atoms with Gasteiger partial charge in [-0.2, -0.15) is 0 Å². The average molecular weight is 224 g/mol. The number of nitrogens with one attached hydrogen (secondary N) is 1. The summed E-state index contributed by atoms with van der Waals surface area (Å²) >= 11 is 0. The fraction of sp³-hybridized carbons (Fsp3) is 1.00. The SMILES string of the molecule is CC(C)(C)C1CN(CC(C)(C)C2CCN2)C1. The summed E-state index contributed by atoms with van der Waals surface area (Å²) in [5.74, 6) is 0.901. The van der Waals surface area contributed by atoms with Gasteiger partial charge in [0.15, 0.2) is 0 Å². The van der Waals surface area contributed by atoms with Crippen LogP contribution < -0.4 is 5.32 Å². The van der Waals surface area contributed by atoms with E-state index in [-0.39, 0.29) is 0 Å². The van der Waals surface area contributed by atoms with Gasteiger partial charge in [-0.3, -0.25) is 0 Å². The van der Waals surface area contributed by atoms with Crippen molar-refractivity contribution in [1.82, 2.24) is 10.2 Å². The summed E-state index contributed by atoms with van der Waals surface area (Å²) in [4.78, 5) is 2.63. The highest BCUT2D eigenvalue weighted by Gasteiger charge is 2.41. The van der Waals surface area contributed by atoms with Gasteiger partial charge in [0, 0.05) is 25.7 Å². The van der Waals surface area contributed by atoms with E-state index < -0.39 is 0 Å². The van der Waals surface area contributed by atoms with Crippen molar-refractivity contribution in [2.45, 2.75) is 47.1 Å². The zero-order valence-corrected chi connectivity index (χ0v) is 11.6. The van der Waals surface area contributed by atoms with E-state index in [0.717, 1.165) is 12.0 Å². The molecule has 1 N–H and O–H groups in total. The molecule has 94 valence electrons. The molecular formula is C14H28N2. The van der Waals surface area contributed by atoms with Crippen LogP contribution in [0.15, 0.2) is 0 Å². The highest BCUT2D eigenvalue weighted by atomic mass is 15.2. The predicted octanol–water partition coefficient (Wildman–Crippen LogP) is 2.35. The topological polar surface area (TPSA) is 15.3 Å². The van der Waals surface area contributed by atoms with Crippen LogP contribution in [0.25, 0.3) is 0 Å². The lowest BCUT2D eigenvalue weighted by Gasteiger charge is -2.51. The maximum absolute atomic E-state index is 3.55. The van der Waals surface area contributed by atoms with Crippen molar-refractivity contribution >= 4 is 0 Å². The Balaban J connectivity index is 1.76. The number of hydrogen-bond donors (Lipinski definition) is 1. The van der Waals surface area contributed by atoms with Crippen LogP contribution in [0.1, 0.15) is 41.0 Å². The van der Waals surface area contributed by atoms with Crippen LogP contribution in [0.2, 0.25) is 0 Å². The third-order valence-corrected chi connectivity index (χ3v) is 4.58. The van der Waals surface area contributed by atoms with Crippen molar-refractivity contribution in [1.29, 1.82) is 0 Å². The normalized spacial score (nSPS) is 28.7. The molecule has 0 aliphatic carbocycles. The molecule has 2 saturated heterocycles. The van der Waals surface area contributed by atoms with E-state index in [4.69, 9.17) is 0 Å². The second-order valence-electron chi connectivity index (χ2n) is 7.54. The van der Waals surface area contributed by atoms with E-state index >= 15 is 0 Å². The van der Waals surface area contributed by atoms with Gasteiger partial charge in [0.1, 0.15) is 0 Å². The molecule has 0 aromatic heterocycles. The summed E-state index contributed by atoms with van der Waals surface area (Å²) in [6.45, 7) is 17.0. The van der Waals surface area contributed by atoms with Crippen molar-refractivity contribution in [2.75, 3.05) is 26.2 Å². The zero-order chi connectivity index (χ0) is 12.0. The van der Waals surface area contributed by atoms with Crippen LogP contribution in [0.5, 0.6) is 0 Å². The minimum atomic E-state index is 0.446. The van der Waals surface area contributed by atoms with Crippen LogP contribution in [-0.4, -0.2) is 37.1 Å². The standard InChI is InChI=1S/C14H28N2/c1-13(2,3)11-8-16(9-11)10-14(4,5)12-6-7-15-12/h11-12,15H,6-10H2,1-5H3. The Morgan fingerprint density at radius 1 is 1.12 bits per heavy atom. The molecule has 2 aliphatic heterocycles. The van der Waals surface area contributed by atoms with Gasteiger partial charge in [-0.05, 0) is 29.7 Å². The molecule has 1 unspecified atom stereocenters. The average Bonchev–Trinajstić information content (AvgIpc) is 1.88. The summed E-state index contributed by atoms with van der Waals surface area (Å²) in [5, 5.41) is 3.55. The smallest absolute Gasteiger partial charge is 0.0142 e. The van der Waals surface area contributed by atoms with Crippen LogP contribution in [0.4, 0.5) is 0 Å². The molecule has 2 aliphatic rings. The molecule has 1 atom stereocenters. The Labute approximate surface area is 101 Å². The van der Waals surface area contributed by atoms with E-state index in [9.17, 15) is 0 Å². The van der Waals surface area contributed by atoms with Gasteiger partial charge in [0.05, 0.1) is 0 Å². The van der Waals surface area contributed by atoms with Crippen molar-refractivity contribution < 1.29 is 0 Å². The van der Waals surface area contributed by atoms with Gasteiger partial charge in [-0.25, -0.2) is 0 Å². The van der Waals surface area contributed by atoms with Crippen molar-refractivity contribution in [3.05, 3.63) is 0 Å². The second-order valence-corrected chi connectivity index (χ2v) is 7.54. The largest absolute Gasteiger partial charge is 0.313 e. The van der Waals surface area contributed by atoms with E-state index in [0.29, 0.717) is 10.8 Å². The molecule has 0 aromatic carbocycles. The van der Waals surface area contributed by atoms with Gasteiger partial charge in [0.25, 0.3) is 0 Å². The quantitative estimate of drug-likeness (QED) is 0.791. The summed E-state index contributed by atoms with van der Waals surface area (Å²) < 4.78 is 0.